The van der Waals surface area contributed by atoms with Crippen molar-refractivity contribution in [2.24, 2.45) is 0 Å². The molecule has 1 aliphatic rings. The van der Waals surface area contributed by atoms with Crippen molar-refractivity contribution in [1.82, 2.24) is 20.5 Å². The highest BCUT2D eigenvalue weighted by atomic mass is 32.1. The second-order valence-electron chi connectivity index (χ2n) is 6.20. The molecule has 1 aliphatic heterocycles. The maximum absolute atomic E-state index is 12.7. The number of hydrogen-bond acceptors (Lipinski definition) is 4. The molecule has 3 amide bonds. The minimum absolute atomic E-state index is 0.0969. The first-order valence-corrected chi connectivity index (χ1v) is 9.50. The molecule has 3 N–H and O–H groups in total. The summed E-state index contributed by atoms with van der Waals surface area (Å²) in [5.74, 6) is -0.508. The molecular formula is C18H22N4O3S. The van der Waals surface area contributed by atoms with Crippen molar-refractivity contribution >= 4 is 29.1 Å². The van der Waals surface area contributed by atoms with Crippen LogP contribution in [0.1, 0.15) is 28.7 Å². The average molecular weight is 374 g/mol. The number of aromatic amines is 1. The summed E-state index contributed by atoms with van der Waals surface area (Å²) in [5, 5.41) is 7.62. The van der Waals surface area contributed by atoms with Gasteiger partial charge in [0.05, 0.1) is 6.42 Å². The van der Waals surface area contributed by atoms with Crippen molar-refractivity contribution in [3.05, 3.63) is 46.4 Å². The largest absolute Gasteiger partial charge is 0.357 e. The van der Waals surface area contributed by atoms with Crippen LogP contribution in [0.3, 0.4) is 0 Å². The van der Waals surface area contributed by atoms with Crippen molar-refractivity contribution < 1.29 is 14.4 Å². The minimum atomic E-state index is -0.559. The van der Waals surface area contributed by atoms with Crippen LogP contribution in [0.25, 0.3) is 0 Å². The van der Waals surface area contributed by atoms with Gasteiger partial charge < -0.3 is 20.5 Å². The maximum atomic E-state index is 12.7. The van der Waals surface area contributed by atoms with E-state index >= 15 is 0 Å². The lowest BCUT2D eigenvalue weighted by Gasteiger charge is -2.23. The fourth-order valence-electron chi connectivity index (χ4n) is 3.16. The van der Waals surface area contributed by atoms with Gasteiger partial charge in [-0.1, -0.05) is 6.07 Å². The Kier molecular flexibility index (Phi) is 5.72. The molecule has 1 fully saturated rings. The van der Waals surface area contributed by atoms with E-state index < -0.39 is 6.04 Å². The highest BCUT2D eigenvalue weighted by Gasteiger charge is 2.40. The number of aromatic nitrogens is 1. The topological polar surface area (TPSA) is 94.3 Å². The number of amides is 3. The fraction of sp³-hybridized carbons (Fsp3) is 0.389. The van der Waals surface area contributed by atoms with Crippen molar-refractivity contribution in [2.45, 2.75) is 31.8 Å². The van der Waals surface area contributed by atoms with E-state index in [0.717, 1.165) is 4.88 Å². The third-order valence-electron chi connectivity index (χ3n) is 4.36. The lowest BCUT2D eigenvalue weighted by molar-refractivity contribution is -0.137. The van der Waals surface area contributed by atoms with Crippen LogP contribution in [-0.4, -0.2) is 52.8 Å². The Labute approximate surface area is 155 Å². The van der Waals surface area contributed by atoms with Gasteiger partial charge in [0.25, 0.3) is 5.91 Å². The average Bonchev–Trinajstić information content (AvgIpc) is 3.36. The molecule has 3 rings (SSSR count). The van der Waals surface area contributed by atoms with E-state index in [1.807, 2.05) is 24.4 Å². The summed E-state index contributed by atoms with van der Waals surface area (Å²) >= 11 is 1.52. The summed E-state index contributed by atoms with van der Waals surface area (Å²) in [5.41, 5.74) is 0.461. The number of rotatable bonds is 6. The van der Waals surface area contributed by atoms with E-state index in [1.54, 1.807) is 23.2 Å². The summed E-state index contributed by atoms with van der Waals surface area (Å²) in [7, 11) is 0. The lowest BCUT2D eigenvalue weighted by atomic mass is 10.1. The molecule has 0 bridgehead atoms. The first-order valence-electron chi connectivity index (χ1n) is 8.62. The summed E-state index contributed by atoms with van der Waals surface area (Å²) in [6.07, 6.45) is 2.36. The van der Waals surface area contributed by atoms with Crippen LogP contribution in [0.5, 0.6) is 0 Å². The van der Waals surface area contributed by atoms with Gasteiger partial charge in [0.1, 0.15) is 11.7 Å². The maximum Gasteiger partial charge on any atom is 0.267 e. The predicted octanol–water partition coefficient (Wildman–Crippen LogP) is 1.15. The molecule has 0 spiro atoms. The highest BCUT2D eigenvalue weighted by molar-refractivity contribution is 7.10. The number of nitrogens with one attached hydrogen (secondary N) is 3. The summed E-state index contributed by atoms with van der Waals surface area (Å²) in [6.45, 7) is 2.68. The van der Waals surface area contributed by atoms with Gasteiger partial charge in [-0.15, -0.1) is 11.3 Å². The Hall–Kier alpha value is -2.61. The van der Waals surface area contributed by atoms with Crippen molar-refractivity contribution in [3.63, 3.8) is 0 Å². The first kappa shape index (κ1) is 18.2. The van der Waals surface area contributed by atoms with Crippen LogP contribution in [0, 0.1) is 0 Å². The molecule has 0 saturated carbocycles. The molecule has 1 saturated heterocycles. The summed E-state index contributed by atoms with van der Waals surface area (Å²) in [4.78, 5) is 42.8. The zero-order chi connectivity index (χ0) is 18.5. The van der Waals surface area contributed by atoms with Gasteiger partial charge in [0, 0.05) is 30.2 Å². The number of nitrogens with zero attached hydrogens (tertiary/aromatic N) is 1. The van der Waals surface area contributed by atoms with Gasteiger partial charge in [0.15, 0.2) is 0 Å². The van der Waals surface area contributed by atoms with Gasteiger partial charge in [-0.3, -0.25) is 14.4 Å². The molecule has 0 aliphatic carbocycles. The molecule has 2 atom stereocenters. The molecule has 0 aromatic carbocycles. The fourth-order valence-corrected chi connectivity index (χ4v) is 3.85. The second-order valence-corrected chi connectivity index (χ2v) is 7.23. The minimum Gasteiger partial charge on any atom is -0.357 e. The number of hydrogen-bond donors (Lipinski definition) is 3. The molecule has 2 aromatic rings. The van der Waals surface area contributed by atoms with Crippen molar-refractivity contribution in [3.8, 4) is 0 Å². The lowest BCUT2D eigenvalue weighted by Crippen LogP contribution is -2.46. The third kappa shape index (κ3) is 4.13. The van der Waals surface area contributed by atoms with E-state index in [0.29, 0.717) is 25.2 Å². The molecule has 0 radical (unpaired) electrons. The standard InChI is InChI=1S/C18H22N4O3S/c1-2-19-18(25)15-9-12(21-17(24)14-6-3-7-20-14)11-22(15)16(23)10-13-5-4-8-26-13/h3-8,12,15,20H,2,9-11H2,1H3,(H,19,25)(H,21,24). The van der Waals surface area contributed by atoms with Crippen LogP contribution < -0.4 is 10.6 Å². The molecule has 138 valence electrons. The molecule has 26 heavy (non-hydrogen) atoms. The molecule has 3 heterocycles. The number of H-pyrrole nitrogens is 1. The van der Waals surface area contributed by atoms with Crippen LogP contribution in [0.4, 0.5) is 0 Å². The molecular weight excluding hydrogens is 352 g/mol. The van der Waals surface area contributed by atoms with Crippen LogP contribution >= 0.6 is 11.3 Å². The van der Waals surface area contributed by atoms with Crippen LogP contribution in [0.15, 0.2) is 35.8 Å². The molecule has 8 heteroatoms. The van der Waals surface area contributed by atoms with E-state index in [2.05, 4.69) is 15.6 Å². The summed E-state index contributed by atoms with van der Waals surface area (Å²) in [6, 6.07) is 6.42. The first-order chi connectivity index (χ1) is 12.6. The highest BCUT2D eigenvalue weighted by Crippen LogP contribution is 2.21. The zero-order valence-corrected chi connectivity index (χ0v) is 15.3. The Morgan fingerprint density at radius 2 is 2.15 bits per heavy atom. The number of thiophene rings is 1. The van der Waals surface area contributed by atoms with Crippen molar-refractivity contribution in [1.29, 1.82) is 0 Å². The van der Waals surface area contributed by atoms with E-state index in [4.69, 9.17) is 0 Å². The Morgan fingerprint density at radius 1 is 1.31 bits per heavy atom. The van der Waals surface area contributed by atoms with Crippen LogP contribution in [-0.2, 0) is 16.0 Å². The number of carbonyl (C=O) groups excluding carboxylic acids is 3. The number of carbonyl (C=O) groups is 3. The van der Waals surface area contributed by atoms with E-state index in [9.17, 15) is 14.4 Å². The van der Waals surface area contributed by atoms with Gasteiger partial charge >= 0.3 is 0 Å². The van der Waals surface area contributed by atoms with Crippen LogP contribution in [0.2, 0.25) is 0 Å². The van der Waals surface area contributed by atoms with Gasteiger partial charge in [0.2, 0.25) is 11.8 Å². The van der Waals surface area contributed by atoms with Crippen molar-refractivity contribution in [2.75, 3.05) is 13.1 Å². The monoisotopic (exact) mass is 374 g/mol. The normalized spacial score (nSPS) is 19.3. The Bertz CT molecular complexity index is 758. The second kappa shape index (κ2) is 8.18. The Balaban J connectivity index is 1.69. The molecule has 2 aromatic heterocycles. The molecule has 7 nitrogen and oxygen atoms in total. The summed E-state index contributed by atoms with van der Waals surface area (Å²) < 4.78 is 0. The Morgan fingerprint density at radius 3 is 2.81 bits per heavy atom. The quantitative estimate of drug-likeness (QED) is 0.708. The zero-order valence-electron chi connectivity index (χ0n) is 14.5. The van der Waals surface area contributed by atoms with Gasteiger partial charge in [-0.2, -0.15) is 0 Å². The number of likely N-dealkylation sites (tertiary alicyclic amines) is 1. The van der Waals surface area contributed by atoms with E-state index in [-0.39, 0.29) is 30.2 Å². The SMILES string of the molecule is CCNC(=O)C1CC(NC(=O)c2ccc[nH]2)CN1C(=O)Cc1cccs1. The predicted molar refractivity (Wildman–Crippen MR) is 98.9 cm³/mol. The van der Waals surface area contributed by atoms with Gasteiger partial charge in [-0.25, -0.2) is 0 Å². The van der Waals surface area contributed by atoms with E-state index in [1.165, 1.54) is 11.3 Å². The van der Waals surface area contributed by atoms with Gasteiger partial charge in [-0.05, 0) is 36.9 Å². The third-order valence-corrected chi connectivity index (χ3v) is 5.23. The smallest absolute Gasteiger partial charge is 0.267 e. The number of likely N-dealkylation sites (N-methyl/N-ethyl adjacent to an activating group) is 1. The molecule has 2 unspecified atom stereocenters.